The van der Waals surface area contributed by atoms with Crippen molar-refractivity contribution in [3.05, 3.63) is 63.7 Å². The van der Waals surface area contributed by atoms with E-state index in [4.69, 9.17) is 4.52 Å². The van der Waals surface area contributed by atoms with Gasteiger partial charge in [0.15, 0.2) is 0 Å². The Hall–Kier alpha value is -2.89. The van der Waals surface area contributed by atoms with Crippen LogP contribution in [0.3, 0.4) is 0 Å². The van der Waals surface area contributed by atoms with Gasteiger partial charge < -0.3 is 14.8 Å². The Kier molecular flexibility index (Phi) is 4.20. The summed E-state index contributed by atoms with van der Waals surface area (Å²) in [6.45, 7) is 7.72. The van der Waals surface area contributed by atoms with Gasteiger partial charge in [-0.3, -0.25) is 9.78 Å². The quantitative estimate of drug-likeness (QED) is 0.767. The van der Waals surface area contributed by atoms with Gasteiger partial charge >= 0.3 is 0 Å². The van der Waals surface area contributed by atoms with Crippen LogP contribution in [0.4, 0.5) is 5.69 Å². The molecule has 0 aliphatic carbocycles. The van der Waals surface area contributed by atoms with Crippen molar-refractivity contribution in [1.82, 2.24) is 15.1 Å². The van der Waals surface area contributed by atoms with Gasteiger partial charge in [0, 0.05) is 23.5 Å². The largest absolute Gasteiger partial charge is 0.372 e. The van der Waals surface area contributed by atoms with Gasteiger partial charge in [0.2, 0.25) is 0 Å². The predicted molar refractivity (Wildman–Crippen MR) is 93.0 cm³/mol. The van der Waals surface area contributed by atoms with Crippen LogP contribution < -0.4 is 10.9 Å². The number of pyridine rings is 2. The highest BCUT2D eigenvalue weighted by molar-refractivity contribution is 5.70. The molecule has 24 heavy (non-hydrogen) atoms. The number of nitrogens with zero attached hydrogens (tertiary/aromatic N) is 2. The van der Waals surface area contributed by atoms with Gasteiger partial charge in [-0.2, -0.15) is 0 Å². The fraction of sp³-hybridized carbons (Fsp3) is 0.278. The lowest BCUT2D eigenvalue weighted by Gasteiger charge is -2.15. The lowest BCUT2D eigenvalue weighted by atomic mass is 10.1. The van der Waals surface area contributed by atoms with E-state index in [1.165, 1.54) is 0 Å². The van der Waals surface area contributed by atoms with Gasteiger partial charge in [0.1, 0.15) is 11.4 Å². The van der Waals surface area contributed by atoms with E-state index in [2.05, 4.69) is 20.4 Å². The smallest absolute Gasteiger partial charge is 0.271 e. The first-order chi connectivity index (χ1) is 11.5. The molecule has 6 nitrogen and oxygen atoms in total. The van der Waals surface area contributed by atoms with E-state index in [1.807, 2.05) is 45.9 Å². The van der Waals surface area contributed by atoms with Gasteiger partial charge in [0.05, 0.1) is 17.4 Å². The van der Waals surface area contributed by atoms with Crippen LogP contribution in [-0.2, 0) is 0 Å². The molecule has 0 bridgehead atoms. The average molecular weight is 324 g/mol. The van der Waals surface area contributed by atoms with Crippen LogP contribution in [-0.4, -0.2) is 15.1 Å². The molecular weight excluding hydrogens is 304 g/mol. The second-order valence-corrected chi connectivity index (χ2v) is 5.95. The highest BCUT2D eigenvalue weighted by atomic mass is 16.5. The van der Waals surface area contributed by atoms with E-state index in [0.717, 1.165) is 33.8 Å². The second kappa shape index (κ2) is 6.31. The molecule has 3 aromatic heterocycles. The van der Waals surface area contributed by atoms with Crippen LogP contribution in [0.25, 0.3) is 11.1 Å². The maximum Gasteiger partial charge on any atom is 0.271 e. The molecule has 3 rings (SSSR count). The van der Waals surface area contributed by atoms with Crippen molar-refractivity contribution in [3.8, 4) is 11.1 Å². The van der Waals surface area contributed by atoms with Gasteiger partial charge in [-0.15, -0.1) is 0 Å². The molecule has 0 radical (unpaired) electrons. The summed E-state index contributed by atoms with van der Waals surface area (Å²) >= 11 is 0. The summed E-state index contributed by atoms with van der Waals surface area (Å²) in [6.07, 6.45) is 3.45. The summed E-state index contributed by atoms with van der Waals surface area (Å²) in [5.74, 6) is 0.721. The monoisotopic (exact) mass is 324 g/mol. The van der Waals surface area contributed by atoms with E-state index >= 15 is 0 Å². The normalized spacial score (nSPS) is 12.2. The third-order valence-electron chi connectivity index (χ3n) is 3.98. The van der Waals surface area contributed by atoms with E-state index in [1.54, 1.807) is 12.4 Å². The number of hydrogen-bond donors (Lipinski definition) is 2. The van der Waals surface area contributed by atoms with Crippen LogP contribution in [0.1, 0.15) is 35.7 Å². The molecule has 0 aliphatic heterocycles. The lowest BCUT2D eigenvalue weighted by molar-refractivity contribution is 0.393. The van der Waals surface area contributed by atoms with Gasteiger partial charge in [-0.1, -0.05) is 5.16 Å². The van der Waals surface area contributed by atoms with Gasteiger partial charge in [-0.25, -0.2) is 0 Å². The van der Waals surface area contributed by atoms with Crippen LogP contribution in [0, 0.1) is 20.8 Å². The molecular formula is C18H20N4O2. The Morgan fingerprint density at radius 3 is 2.71 bits per heavy atom. The first kappa shape index (κ1) is 16.0. The minimum Gasteiger partial charge on any atom is -0.372 e. The Morgan fingerprint density at radius 2 is 2.04 bits per heavy atom. The molecule has 0 fully saturated rings. The van der Waals surface area contributed by atoms with Crippen molar-refractivity contribution in [2.45, 2.75) is 33.7 Å². The van der Waals surface area contributed by atoms with Crippen molar-refractivity contribution in [1.29, 1.82) is 0 Å². The molecule has 0 aliphatic rings. The summed E-state index contributed by atoms with van der Waals surface area (Å²) in [6, 6.07) is 5.67. The SMILES string of the molecule is Cc1ccnc([C@@H](C)Nc2cc(-c3c(C)noc3C)c[nH]c2=O)c1. The van der Waals surface area contributed by atoms with Crippen LogP contribution in [0.15, 0.2) is 39.9 Å². The highest BCUT2D eigenvalue weighted by Gasteiger charge is 2.15. The number of aromatic amines is 1. The highest BCUT2D eigenvalue weighted by Crippen LogP contribution is 2.27. The Labute approximate surface area is 139 Å². The van der Waals surface area contributed by atoms with Crippen LogP contribution in [0.5, 0.6) is 0 Å². The third-order valence-corrected chi connectivity index (χ3v) is 3.98. The fourth-order valence-electron chi connectivity index (χ4n) is 2.73. The molecule has 0 spiro atoms. The maximum absolute atomic E-state index is 12.2. The van der Waals surface area contributed by atoms with Crippen LogP contribution >= 0.6 is 0 Å². The minimum absolute atomic E-state index is 0.0917. The second-order valence-electron chi connectivity index (χ2n) is 5.95. The molecule has 124 valence electrons. The summed E-state index contributed by atoms with van der Waals surface area (Å²) in [5.41, 5.74) is 4.88. The number of aryl methyl sites for hydroxylation is 3. The maximum atomic E-state index is 12.2. The zero-order chi connectivity index (χ0) is 17.3. The number of rotatable bonds is 4. The van der Waals surface area contributed by atoms with Crippen molar-refractivity contribution in [3.63, 3.8) is 0 Å². The topological polar surface area (TPSA) is 83.8 Å². The molecule has 0 unspecified atom stereocenters. The zero-order valence-corrected chi connectivity index (χ0v) is 14.2. The van der Waals surface area contributed by atoms with E-state index < -0.39 is 0 Å². The minimum atomic E-state index is -0.176. The van der Waals surface area contributed by atoms with E-state index in [0.29, 0.717) is 5.69 Å². The number of hydrogen-bond acceptors (Lipinski definition) is 5. The standard InChI is InChI=1S/C18H20N4O2/c1-10-5-6-19-15(7-10)11(2)21-16-8-14(9-20-18(16)23)17-12(3)22-24-13(17)4/h5-9,11,21H,1-4H3,(H,20,23)/t11-/m1/s1. The first-order valence-electron chi connectivity index (χ1n) is 7.80. The third kappa shape index (κ3) is 3.08. The summed E-state index contributed by atoms with van der Waals surface area (Å²) in [5, 5.41) is 7.20. The Morgan fingerprint density at radius 1 is 1.25 bits per heavy atom. The van der Waals surface area contributed by atoms with Crippen molar-refractivity contribution in [2.24, 2.45) is 0 Å². The molecule has 0 aromatic carbocycles. The van der Waals surface area contributed by atoms with Gasteiger partial charge in [0.25, 0.3) is 5.56 Å². The number of nitrogens with one attached hydrogen (secondary N) is 2. The molecule has 0 amide bonds. The molecule has 2 N–H and O–H groups in total. The lowest BCUT2D eigenvalue weighted by Crippen LogP contribution is -2.17. The van der Waals surface area contributed by atoms with Crippen LogP contribution in [0.2, 0.25) is 0 Å². The van der Waals surface area contributed by atoms with Crippen molar-refractivity contribution in [2.75, 3.05) is 5.32 Å². The predicted octanol–water partition coefficient (Wildman–Crippen LogP) is 3.52. The number of anilines is 1. The molecule has 1 atom stereocenters. The molecule has 0 saturated heterocycles. The molecule has 6 heteroatoms. The number of aromatic nitrogens is 3. The first-order valence-corrected chi connectivity index (χ1v) is 7.80. The molecule has 0 saturated carbocycles. The molecule has 3 heterocycles. The van der Waals surface area contributed by atoms with E-state index in [-0.39, 0.29) is 11.6 Å². The van der Waals surface area contributed by atoms with E-state index in [9.17, 15) is 4.79 Å². The number of H-pyrrole nitrogens is 1. The van der Waals surface area contributed by atoms with Crippen molar-refractivity contribution >= 4 is 5.69 Å². The zero-order valence-electron chi connectivity index (χ0n) is 14.2. The summed E-state index contributed by atoms with van der Waals surface area (Å²) in [7, 11) is 0. The molecule has 3 aromatic rings. The average Bonchev–Trinajstić information content (AvgIpc) is 2.88. The van der Waals surface area contributed by atoms with Crippen molar-refractivity contribution < 1.29 is 4.52 Å². The summed E-state index contributed by atoms with van der Waals surface area (Å²) in [4.78, 5) is 19.3. The summed E-state index contributed by atoms with van der Waals surface area (Å²) < 4.78 is 5.21. The van der Waals surface area contributed by atoms with Gasteiger partial charge in [-0.05, 0) is 51.5 Å². The Balaban J connectivity index is 1.94. The Bertz CT molecular complexity index is 907. The fourth-order valence-corrected chi connectivity index (χ4v) is 2.73.